The second-order valence-electron chi connectivity index (χ2n) is 7.31. The number of likely N-dealkylation sites (tertiary alicyclic amines) is 1. The van der Waals surface area contributed by atoms with Gasteiger partial charge in [0, 0.05) is 19.1 Å². The fraction of sp³-hybridized carbons (Fsp3) is 0.478. The zero-order valence-corrected chi connectivity index (χ0v) is 18.7. The summed E-state index contributed by atoms with van der Waals surface area (Å²) in [5.74, 6) is 1.50. The lowest BCUT2D eigenvalue weighted by Gasteiger charge is -2.23. The van der Waals surface area contributed by atoms with Crippen molar-refractivity contribution >= 4 is 23.2 Å². The van der Waals surface area contributed by atoms with Gasteiger partial charge in [0.15, 0.2) is 11.5 Å². The molecular formula is C23H30Cl2N2O2. The van der Waals surface area contributed by atoms with Crippen LogP contribution in [0.1, 0.15) is 37.8 Å². The van der Waals surface area contributed by atoms with Crippen LogP contribution in [0, 0.1) is 0 Å². The molecule has 0 radical (unpaired) electrons. The molecule has 0 aliphatic carbocycles. The summed E-state index contributed by atoms with van der Waals surface area (Å²) in [4.78, 5) is 2.55. The minimum absolute atomic E-state index is 0.406. The Kier molecular flexibility index (Phi) is 8.49. The van der Waals surface area contributed by atoms with Crippen molar-refractivity contribution < 1.29 is 9.47 Å². The van der Waals surface area contributed by atoms with Crippen molar-refractivity contribution in [1.82, 2.24) is 10.2 Å². The number of nitrogens with one attached hydrogen (secondary N) is 1. The first-order chi connectivity index (χ1) is 14.1. The molecule has 1 atom stereocenters. The van der Waals surface area contributed by atoms with Gasteiger partial charge in [-0.15, -0.1) is 0 Å². The summed E-state index contributed by atoms with van der Waals surface area (Å²) >= 11 is 12.1. The van der Waals surface area contributed by atoms with Crippen LogP contribution in [0.2, 0.25) is 10.0 Å². The molecule has 1 heterocycles. The quantitative estimate of drug-likeness (QED) is 0.529. The highest BCUT2D eigenvalue weighted by Crippen LogP contribution is 2.30. The molecule has 3 rings (SSSR count). The van der Waals surface area contributed by atoms with Crippen LogP contribution >= 0.6 is 23.2 Å². The number of likely N-dealkylation sites (N-methyl/N-ethyl adjacent to an activating group) is 1. The van der Waals surface area contributed by atoms with Gasteiger partial charge in [-0.05, 0) is 68.2 Å². The Morgan fingerprint density at radius 2 is 1.83 bits per heavy atom. The zero-order chi connectivity index (χ0) is 20.6. The molecule has 2 aromatic carbocycles. The predicted octanol–water partition coefficient (Wildman–Crippen LogP) is 5.55. The minimum atomic E-state index is 0.406. The van der Waals surface area contributed by atoms with Gasteiger partial charge in [0.25, 0.3) is 0 Å². The lowest BCUT2D eigenvalue weighted by Crippen LogP contribution is -2.37. The van der Waals surface area contributed by atoms with E-state index in [0.717, 1.165) is 36.7 Å². The molecule has 4 nitrogen and oxygen atoms in total. The third-order valence-electron chi connectivity index (χ3n) is 5.30. The van der Waals surface area contributed by atoms with E-state index in [1.807, 2.05) is 25.1 Å². The maximum Gasteiger partial charge on any atom is 0.161 e. The maximum atomic E-state index is 6.09. The number of rotatable bonds is 10. The molecule has 0 bridgehead atoms. The van der Waals surface area contributed by atoms with E-state index in [1.165, 1.54) is 24.9 Å². The van der Waals surface area contributed by atoms with Gasteiger partial charge in [-0.2, -0.15) is 0 Å². The molecule has 1 saturated heterocycles. The molecule has 0 aromatic heterocycles. The Labute approximate surface area is 184 Å². The number of nitrogens with zero attached hydrogens (tertiary/aromatic N) is 1. The van der Waals surface area contributed by atoms with E-state index in [2.05, 4.69) is 29.3 Å². The first-order valence-electron chi connectivity index (χ1n) is 10.4. The van der Waals surface area contributed by atoms with Gasteiger partial charge in [0.1, 0.15) is 6.61 Å². The smallest absolute Gasteiger partial charge is 0.161 e. The average Bonchev–Trinajstić information content (AvgIpc) is 3.17. The van der Waals surface area contributed by atoms with Gasteiger partial charge in [-0.25, -0.2) is 0 Å². The highest BCUT2D eigenvalue weighted by atomic mass is 35.5. The number of benzene rings is 2. The molecular weight excluding hydrogens is 407 g/mol. The van der Waals surface area contributed by atoms with Crippen molar-refractivity contribution in [3.8, 4) is 11.5 Å². The molecule has 0 saturated carbocycles. The topological polar surface area (TPSA) is 33.7 Å². The standard InChI is InChI=1S/C23H30Cl2N2O2/c1-3-27-11-5-6-19(27)15-26-14-17-8-10-22(23(13-17)28-4-2)29-16-18-7-9-20(24)21(25)12-18/h7-10,12-13,19,26H,3-6,11,14-16H2,1-2H3/t19-/m0/s1. The van der Waals surface area contributed by atoms with Crippen LogP contribution in [0.4, 0.5) is 0 Å². The number of hydrogen-bond donors (Lipinski definition) is 1. The molecule has 0 amide bonds. The monoisotopic (exact) mass is 436 g/mol. The Bertz CT molecular complexity index is 800. The van der Waals surface area contributed by atoms with Crippen LogP contribution in [-0.2, 0) is 13.2 Å². The molecule has 29 heavy (non-hydrogen) atoms. The summed E-state index contributed by atoms with van der Waals surface area (Å²) in [5, 5.41) is 4.68. The van der Waals surface area contributed by atoms with Gasteiger partial charge in [0.2, 0.25) is 0 Å². The first-order valence-corrected chi connectivity index (χ1v) is 11.1. The van der Waals surface area contributed by atoms with Crippen LogP contribution in [0.3, 0.4) is 0 Å². The third-order valence-corrected chi connectivity index (χ3v) is 6.04. The summed E-state index contributed by atoms with van der Waals surface area (Å²) in [7, 11) is 0. The summed E-state index contributed by atoms with van der Waals surface area (Å²) in [5.41, 5.74) is 2.15. The van der Waals surface area contributed by atoms with Crippen LogP contribution in [0.15, 0.2) is 36.4 Å². The predicted molar refractivity (Wildman–Crippen MR) is 120 cm³/mol. The highest BCUT2D eigenvalue weighted by molar-refractivity contribution is 6.42. The number of hydrogen-bond acceptors (Lipinski definition) is 4. The summed E-state index contributed by atoms with van der Waals surface area (Å²) < 4.78 is 11.8. The molecule has 0 unspecified atom stereocenters. The van der Waals surface area contributed by atoms with E-state index >= 15 is 0 Å². The van der Waals surface area contributed by atoms with E-state index in [0.29, 0.717) is 29.3 Å². The molecule has 1 N–H and O–H groups in total. The van der Waals surface area contributed by atoms with Gasteiger partial charge >= 0.3 is 0 Å². The molecule has 6 heteroatoms. The minimum Gasteiger partial charge on any atom is -0.490 e. The molecule has 2 aromatic rings. The second-order valence-corrected chi connectivity index (χ2v) is 8.12. The maximum absolute atomic E-state index is 6.09. The summed E-state index contributed by atoms with van der Waals surface area (Å²) in [6.45, 7) is 9.41. The first kappa shape index (κ1) is 22.2. The Balaban J connectivity index is 1.58. The van der Waals surface area contributed by atoms with Crippen molar-refractivity contribution in [2.24, 2.45) is 0 Å². The molecule has 1 aliphatic heterocycles. The van der Waals surface area contributed by atoms with E-state index in [4.69, 9.17) is 32.7 Å². The number of ether oxygens (including phenoxy) is 2. The van der Waals surface area contributed by atoms with Gasteiger partial charge in [-0.3, -0.25) is 4.90 Å². The van der Waals surface area contributed by atoms with Gasteiger partial charge < -0.3 is 14.8 Å². The zero-order valence-electron chi connectivity index (χ0n) is 17.2. The van der Waals surface area contributed by atoms with Crippen molar-refractivity contribution in [1.29, 1.82) is 0 Å². The lowest BCUT2D eigenvalue weighted by atomic mass is 10.1. The average molecular weight is 437 g/mol. The molecule has 0 spiro atoms. The van der Waals surface area contributed by atoms with Crippen LogP contribution < -0.4 is 14.8 Å². The Hall–Kier alpha value is -1.46. The van der Waals surface area contributed by atoms with Crippen molar-refractivity contribution in [3.63, 3.8) is 0 Å². The van der Waals surface area contributed by atoms with Crippen LogP contribution in [0.5, 0.6) is 11.5 Å². The van der Waals surface area contributed by atoms with E-state index < -0.39 is 0 Å². The van der Waals surface area contributed by atoms with Crippen molar-refractivity contribution in [2.45, 2.75) is 45.9 Å². The van der Waals surface area contributed by atoms with E-state index in [9.17, 15) is 0 Å². The normalized spacial score (nSPS) is 16.9. The SMILES string of the molecule is CCOc1cc(CNC[C@@H]2CCCN2CC)ccc1OCc1ccc(Cl)c(Cl)c1. The fourth-order valence-corrected chi connectivity index (χ4v) is 4.09. The molecule has 1 aliphatic rings. The largest absolute Gasteiger partial charge is 0.490 e. The summed E-state index contributed by atoms with van der Waals surface area (Å²) in [6, 6.07) is 12.3. The van der Waals surface area contributed by atoms with Crippen LogP contribution in [0.25, 0.3) is 0 Å². The van der Waals surface area contributed by atoms with E-state index in [1.54, 1.807) is 6.07 Å². The Morgan fingerprint density at radius 3 is 2.59 bits per heavy atom. The van der Waals surface area contributed by atoms with Crippen LogP contribution in [-0.4, -0.2) is 37.2 Å². The molecule has 158 valence electrons. The van der Waals surface area contributed by atoms with Crippen molar-refractivity contribution in [3.05, 3.63) is 57.6 Å². The lowest BCUT2D eigenvalue weighted by molar-refractivity contribution is 0.259. The second kappa shape index (κ2) is 11.1. The van der Waals surface area contributed by atoms with Gasteiger partial charge in [0.05, 0.1) is 16.7 Å². The fourth-order valence-electron chi connectivity index (χ4n) is 3.77. The molecule has 1 fully saturated rings. The number of halogens is 2. The van der Waals surface area contributed by atoms with Crippen molar-refractivity contribution in [2.75, 3.05) is 26.2 Å². The Morgan fingerprint density at radius 1 is 1.00 bits per heavy atom. The third kappa shape index (κ3) is 6.26. The highest BCUT2D eigenvalue weighted by Gasteiger charge is 2.22. The van der Waals surface area contributed by atoms with E-state index in [-0.39, 0.29) is 0 Å². The summed E-state index contributed by atoms with van der Waals surface area (Å²) in [6.07, 6.45) is 2.59. The van der Waals surface area contributed by atoms with Gasteiger partial charge in [-0.1, -0.05) is 42.3 Å².